The van der Waals surface area contributed by atoms with Crippen LogP contribution in [0, 0.1) is 0 Å². The van der Waals surface area contributed by atoms with Crippen molar-refractivity contribution in [2.45, 2.75) is 6.54 Å². The van der Waals surface area contributed by atoms with Crippen LogP contribution in [0.2, 0.25) is 0 Å². The summed E-state index contributed by atoms with van der Waals surface area (Å²) in [5.41, 5.74) is 1.40. The SMILES string of the molecule is Br.C[N+](C)(C)Cc1ccccc1.N. The monoisotopic (exact) mass is 247 g/mol. The molecule has 0 spiro atoms. The van der Waals surface area contributed by atoms with Crippen LogP contribution in [0.25, 0.3) is 0 Å². The van der Waals surface area contributed by atoms with Gasteiger partial charge in [0.15, 0.2) is 0 Å². The lowest BCUT2D eigenvalue weighted by Crippen LogP contribution is -2.33. The van der Waals surface area contributed by atoms with E-state index in [0.717, 1.165) is 11.0 Å². The fourth-order valence-electron chi connectivity index (χ4n) is 1.13. The van der Waals surface area contributed by atoms with Crippen molar-refractivity contribution >= 4 is 17.0 Å². The summed E-state index contributed by atoms with van der Waals surface area (Å²) in [6.07, 6.45) is 0. The van der Waals surface area contributed by atoms with Gasteiger partial charge in [0.25, 0.3) is 0 Å². The van der Waals surface area contributed by atoms with Gasteiger partial charge in [0.1, 0.15) is 6.54 Å². The number of quaternary nitrogens is 1. The van der Waals surface area contributed by atoms with E-state index in [9.17, 15) is 0 Å². The van der Waals surface area contributed by atoms with Crippen LogP contribution in [0.15, 0.2) is 30.3 Å². The minimum atomic E-state index is 0. The van der Waals surface area contributed by atoms with Gasteiger partial charge < -0.3 is 10.6 Å². The fraction of sp³-hybridized carbons (Fsp3) is 0.400. The predicted molar refractivity (Wildman–Crippen MR) is 63.5 cm³/mol. The highest BCUT2D eigenvalue weighted by molar-refractivity contribution is 8.93. The second-order valence-electron chi connectivity index (χ2n) is 3.93. The van der Waals surface area contributed by atoms with Crippen LogP contribution < -0.4 is 6.15 Å². The van der Waals surface area contributed by atoms with Crippen molar-refractivity contribution in [3.8, 4) is 0 Å². The van der Waals surface area contributed by atoms with Crippen molar-refractivity contribution in [3.63, 3.8) is 0 Å². The average molecular weight is 248 g/mol. The summed E-state index contributed by atoms with van der Waals surface area (Å²) in [4.78, 5) is 0. The Balaban J connectivity index is 0. The Morgan fingerprint density at radius 1 is 1.00 bits per heavy atom. The third-order valence-corrected chi connectivity index (χ3v) is 1.50. The maximum Gasteiger partial charge on any atom is 0.104 e. The Morgan fingerprint density at radius 3 is 1.85 bits per heavy atom. The van der Waals surface area contributed by atoms with Crippen LogP contribution in [0.3, 0.4) is 0 Å². The van der Waals surface area contributed by atoms with Gasteiger partial charge in [0.2, 0.25) is 0 Å². The van der Waals surface area contributed by atoms with Gasteiger partial charge in [-0.2, -0.15) is 0 Å². The topological polar surface area (TPSA) is 35.0 Å². The van der Waals surface area contributed by atoms with Gasteiger partial charge in [-0.25, -0.2) is 0 Å². The van der Waals surface area contributed by atoms with Gasteiger partial charge in [0, 0.05) is 5.56 Å². The van der Waals surface area contributed by atoms with E-state index in [1.165, 1.54) is 5.56 Å². The van der Waals surface area contributed by atoms with Crippen molar-refractivity contribution in [2.24, 2.45) is 0 Å². The van der Waals surface area contributed by atoms with Crippen LogP contribution in [0.5, 0.6) is 0 Å². The van der Waals surface area contributed by atoms with Gasteiger partial charge in [0.05, 0.1) is 21.1 Å². The molecule has 0 fully saturated rings. The molecule has 76 valence electrons. The first-order valence-corrected chi connectivity index (χ1v) is 3.92. The number of nitrogens with zero attached hydrogens (tertiary/aromatic N) is 1. The lowest BCUT2D eigenvalue weighted by atomic mass is 10.2. The molecule has 1 aromatic rings. The largest absolute Gasteiger partial charge is 0.344 e. The Hall–Kier alpha value is -0.380. The molecule has 0 amide bonds. The van der Waals surface area contributed by atoms with Crippen molar-refractivity contribution in [1.29, 1.82) is 0 Å². The molecule has 0 radical (unpaired) electrons. The van der Waals surface area contributed by atoms with Gasteiger partial charge in [-0.1, -0.05) is 30.3 Å². The Morgan fingerprint density at radius 2 is 1.46 bits per heavy atom. The summed E-state index contributed by atoms with van der Waals surface area (Å²) in [5, 5.41) is 0. The van der Waals surface area contributed by atoms with Crippen LogP contribution in [-0.4, -0.2) is 25.6 Å². The lowest BCUT2D eigenvalue weighted by molar-refractivity contribution is -0.884. The molecule has 3 N–H and O–H groups in total. The van der Waals surface area contributed by atoms with Crippen molar-refractivity contribution in [2.75, 3.05) is 21.1 Å². The second kappa shape index (κ2) is 6.13. The molecule has 3 heteroatoms. The van der Waals surface area contributed by atoms with E-state index in [4.69, 9.17) is 0 Å². The molecule has 1 aromatic carbocycles. The van der Waals surface area contributed by atoms with Crippen LogP contribution >= 0.6 is 17.0 Å². The van der Waals surface area contributed by atoms with Gasteiger partial charge in [-0.15, -0.1) is 17.0 Å². The van der Waals surface area contributed by atoms with Gasteiger partial charge in [-0.05, 0) is 0 Å². The highest BCUT2D eigenvalue weighted by Gasteiger charge is 2.06. The Labute approximate surface area is 91.5 Å². The summed E-state index contributed by atoms with van der Waals surface area (Å²) >= 11 is 0. The van der Waals surface area contributed by atoms with E-state index in [2.05, 4.69) is 51.5 Å². The molecule has 0 bridgehead atoms. The van der Waals surface area contributed by atoms with Gasteiger partial charge in [-0.3, -0.25) is 0 Å². The molecule has 0 saturated carbocycles. The smallest absolute Gasteiger partial charge is 0.104 e. The standard InChI is InChI=1S/C10H16N.BrH.H3N/c1-11(2,3)9-10-7-5-4-6-8-10;;/h4-8H,9H2,1-3H3;1H;1H3/q+1;;. The van der Waals surface area contributed by atoms with Crippen molar-refractivity contribution < 1.29 is 4.48 Å². The number of halogens is 1. The zero-order valence-electron chi connectivity index (χ0n) is 8.66. The molecular weight excluding hydrogens is 228 g/mol. The Bertz CT molecular complexity index is 216. The fourth-order valence-corrected chi connectivity index (χ4v) is 1.13. The minimum absolute atomic E-state index is 0. The first kappa shape index (κ1) is 15.1. The number of benzene rings is 1. The van der Waals surface area contributed by atoms with Crippen molar-refractivity contribution in [1.82, 2.24) is 6.15 Å². The van der Waals surface area contributed by atoms with E-state index in [1.807, 2.05) is 0 Å². The maximum absolute atomic E-state index is 2.20. The highest BCUT2D eigenvalue weighted by Crippen LogP contribution is 2.04. The van der Waals surface area contributed by atoms with Crippen molar-refractivity contribution in [3.05, 3.63) is 35.9 Å². The lowest BCUT2D eigenvalue weighted by Gasteiger charge is -2.23. The molecule has 0 aliphatic carbocycles. The first-order valence-electron chi connectivity index (χ1n) is 3.92. The number of hydrogen-bond donors (Lipinski definition) is 1. The first-order chi connectivity index (χ1) is 5.08. The van der Waals surface area contributed by atoms with Gasteiger partial charge >= 0.3 is 0 Å². The summed E-state index contributed by atoms with van der Waals surface area (Å²) in [7, 11) is 6.60. The van der Waals surface area contributed by atoms with E-state index < -0.39 is 0 Å². The maximum atomic E-state index is 2.20. The second-order valence-corrected chi connectivity index (χ2v) is 3.93. The molecule has 0 saturated heterocycles. The average Bonchev–Trinajstić information content (AvgIpc) is 1.85. The highest BCUT2D eigenvalue weighted by atomic mass is 79.9. The molecular formula is C10H20BrN2+. The summed E-state index contributed by atoms with van der Waals surface area (Å²) in [6, 6.07) is 10.6. The summed E-state index contributed by atoms with van der Waals surface area (Å²) in [6.45, 7) is 1.10. The molecule has 13 heavy (non-hydrogen) atoms. The summed E-state index contributed by atoms with van der Waals surface area (Å²) < 4.78 is 0.990. The van der Waals surface area contributed by atoms with E-state index in [1.54, 1.807) is 0 Å². The third kappa shape index (κ3) is 6.75. The molecule has 0 aliphatic heterocycles. The minimum Gasteiger partial charge on any atom is -0.344 e. The van der Waals surface area contributed by atoms with Crippen LogP contribution in [0.1, 0.15) is 5.56 Å². The quantitative estimate of drug-likeness (QED) is 0.802. The molecule has 0 aromatic heterocycles. The zero-order valence-corrected chi connectivity index (χ0v) is 10.4. The predicted octanol–water partition coefficient (Wildman–Crippen LogP) is 2.63. The molecule has 0 heterocycles. The van der Waals surface area contributed by atoms with E-state index in [0.29, 0.717) is 0 Å². The molecule has 2 nitrogen and oxygen atoms in total. The molecule has 0 aliphatic rings. The normalized spacial score (nSPS) is 9.77. The van der Waals surface area contributed by atoms with Crippen LogP contribution in [-0.2, 0) is 6.54 Å². The molecule has 1 rings (SSSR count). The number of rotatable bonds is 2. The molecule has 0 atom stereocenters. The van der Waals surface area contributed by atoms with Crippen LogP contribution in [0.4, 0.5) is 0 Å². The zero-order chi connectivity index (χ0) is 8.32. The Kier molecular flexibility index (Phi) is 7.13. The third-order valence-electron chi connectivity index (χ3n) is 1.50. The van der Waals surface area contributed by atoms with E-state index in [-0.39, 0.29) is 23.1 Å². The van der Waals surface area contributed by atoms with E-state index >= 15 is 0 Å². The number of hydrogen-bond acceptors (Lipinski definition) is 1. The summed E-state index contributed by atoms with van der Waals surface area (Å²) in [5.74, 6) is 0. The molecule has 0 unspecified atom stereocenters.